The molecule has 0 atom stereocenters. The molecule has 2 rings (SSSR count). The average molecular weight is 344 g/mol. The fraction of sp³-hybridized carbons (Fsp3) is 0.188. The third kappa shape index (κ3) is 5.57. The molecular weight excluding hydrogens is 328 g/mol. The molecule has 0 aliphatic carbocycles. The fourth-order valence-corrected chi connectivity index (χ4v) is 1.90. The van der Waals surface area contributed by atoms with Crippen LogP contribution < -0.4 is 10.7 Å². The van der Waals surface area contributed by atoms with E-state index in [1.165, 1.54) is 24.5 Å². The fourth-order valence-electron chi connectivity index (χ4n) is 1.90. The second kappa shape index (κ2) is 8.39. The van der Waals surface area contributed by atoms with Gasteiger partial charge in [0.05, 0.1) is 24.2 Å². The number of rotatable bonds is 7. The highest BCUT2D eigenvalue weighted by atomic mass is 16.6. The lowest BCUT2D eigenvalue weighted by molar-refractivity contribution is -0.384. The molecule has 9 heteroatoms. The standard InChI is InChI=1S/C16H16N4O5/c1-11(8-15(21)17-10-14-6-3-7-25-14)18-19-16(22)12-4-2-5-13(9-12)20(23)24/h2-7,9H,8,10H2,1H3,(H,17,21)(H,19,22)/b18-11-. The maximum atomic E-state index is 11.9. The van der Waals surface area contributed by atoms with Crippen LogP contribution in [0.3, 0.4) is 0 Å². The number of nitro groups is 1. The van der Waals surface area contributed by atoms with E-state index in [2.05, 4.69) is 15.8 Å². The highest BCUT2D eigenvalue weighted by molar-refractivity contribution is 6.01. The molecule has 0 aliphatic heterocycles. The van der Waals surface area contributed by atoms with Crippen molar-refractivity contribution in [3.8, 4) is 0 Å². The number of furan rings is 1. The summed E-state index contributed by atoms with van der Waals surface area (Å²) in [6, 6.07) is 8.73. The van der Waals surface area contributed by atoms with Gasteiger partial charge in [-0.1, -0.05) is 6.07 Å². The Morgan fingerprint density at radius 1 is 1.28 bits per heavy atom. The van der Waals surface area contributed by atoms with E-state index in [1.54, 1.807) is 19.1 Å². The Labute approximate surface area is 142 Å². The first-order valence-corrected chi connectivity index (χ1v) is 7.32. The Bertz CT molecular complexity index is 799. The zero-order valence-corrected chi connectivity index (χ0v) is 13.4. The van der Waals surface area contributed by atoms with Crippen LogP contribution in [0, 0.1) is 10.1 Å². The maximum absolute atomic E-state index is 11.9. The summed E-state index contributed by atoms with van der Waals surface area (Å²) in [5.41, 5.74) is 2.57. The molecule has 0 radical (unpaired) electrons. The topological polar surface area (TPSA) is 127 Å². The van der Waals surface area contributed by atoms with Crippen LogP contribution in [-0.4, -0.2) is 22.4 Å². The summed E-state index contributed by atoms with van der Waals surface area (Å²) in [5.74, 6) is -0.247. The molecule has 1 heterocycles. The molecule has 0 fully saturated rings. The van der Waals surface area contributed by atoms with Crippen LogP contribution in [0.5, 0.6) is 0 Å². The van der Waals surface area contributed by atoms with E-state index in [0.29, 0.717) is 11.5 Å². The molecule has 0 saturated carbocycles. The Hall–Kier alpha value is -3.49. The normalized spacial score (nSPS) is 11.0. The number of non-ortho nitro benzene ring substituents is 1. The molecule has 1 aromatic heterocycles. The van der Waals surface area contributed by atoms with Crippen molar-refractivity contribution >= 4 is 23.2 Å². The Balaban J connectivity index is 1.85. The monoisotopic (exact) mass is 344 g/mol. The van der Waals surface area contributed by atoms with E-state index in [9.17, 15) is 19.7 Å². The molecule has 0 saturated heterocycles. The first kappa shape index (κ1) is 17.9. The predicted octanol–water partition coefficient (Wildman–Crippen LogP) is 2.00. The van der Waals surface area contributed by atoms with E-state index < -0.39 is 10.8 Å². The van der Waals surface area contributed by atoms with Gasteiger partial charge in [0.2, 0.25) is 5.91 Å². The van der Waals surface area contributed by atoms with Gasteiger partial charge < -0.3 is 9.73 Å². The van der Waals surface area contributed by atoms with Crippen molar-refractivity contribution in [3.05, 3.63) is 64.1 Å². The summed E-state index contributed by atoms with van der Waals surface area (Å²) in [6.45, 7) is 1.85. The van der Waals surface area contributed by atoms with Gasteiger partial charge in [-0.15, -0.1) is 0 Å². The molecule has 0 unspecified atom stereocenters. The van der Waals surface area contributed by atoms with Crippen molar-refractivity contribution in [3.63, 3.8) is 0 Å². The smallest absolute Gasteiger partial charge is 0.271 e. The van der Waals surface area contributed by atoms with Crippen molar-refractivity contribution in [1.82, 2.24) is 10.7 Å². The summed E-state index contributed by atoms with van der Waals surface area (Å²) in [5, 5.41) is 17.2. The molecule has 130 valence electrons. The number of amides is 2. The number of carbonyl (C=O) groups is 2. The van der Waals surface area contributed by atoms with Gasteiger partial charge in [-0.25, -0.2) is 5.43 Å². The lowest BCUT2D eigenvalue weighted by Crippen LogP contribution is -2.26. The summed E-state index contributed by atoms with van der Waals surface area (Å²) < 4.78 is 5.09. The zero-order chi connectivity index (χ0) is 18.2. The second-order valence-electron chi connectivity index (χ2n) is 5.13. The van der Waals surface area contributed by atoms with Crippen LogP contribution >= 0.6 is 0 Å². The van der Waals surface area contributed by atoms with Crippen molar-refractivity contribution in [2.45, 2.75) is 19.9 Å². The Morgan fingerprint density at radius 2 is 2.08 bits per heavy atom. The number of nitrogens with one attached hydrogen (secondary N) is 2. The molecule has 9 nitrogen and oxygen atoms in total. The van der Waals surface area contributed by atoms with Gasteiger partial charge in [-0.05, 0) is 25.1 Å². The Kier molecular flexibility index (Phi) is 5.99. The molecule has 1 aromatic carbocycles. The van der Waals surface area contributed by atoms with Crippen molar-refractivity contribution in [2.75, 3.05) is 0 Å². The lowest BCUT2D eigenvalue weighted by atomic mass is 10.2. The molecular formula is C16H16N4O5. The van der Waals surface area contributed by atoms with Crippen LogP contribution in [0.15, 0.2) is 52.2 Å². The van der Waals surface area contributed by atoms with E-state index in [1.807, 2.05) is 0 Å². The van der Waals surface area contributed by atoms with Crippen LogP contribution in [0.1, 0.15) is 29.5 Å². The van der Waals surface area contributed by atoms with Crippen molar-refractivity contribution < 1.29 is 18.9 Å². The van der Waals surface area contributed by atoms with Crippen LogP contribution in [0.2, 0.25) is 0 Å². The summed E-state index contributed by atoms with van der Waals surface area (Å²) in [7, 11) is 0. The predicted molar refractivity (Wildman–Crippen MR) is 88.8 cm³/mol. The van der Waals surface area contributed by atoms with E-state index in [4.69, 9.17) is 4.42 Å². The minimum Gasteiger partial charge on any atom is -0.467 e. The number of nitro benzene ring substituents is 1. The van der Waals surface area contributed by atoms with E-state index >= 15 is 0 Å². The molecule has 0 spiro atoms. The minimum atomic E-state index is -0.598. The van der Waals surface area contributed by atoms with Crippen LogP contribution in [0.4, 0.5) is 5.69 Å². The highest BCUT2D eigenvalue weighted by Gasteiger charge is 2.11. The van der Waals surface area contributed by atoms with Crippen molar-refractivity contribution in [2.24, 2.45) is 5.10 Å². The summed E-state index contributed by atoms with van der Waals surface area (Å²) >= 11 is 0. The number of benzene rings is 1. The van der Waals surface area contributed by atoms with Crippen LogP contribution in [0.25, 0.3) is 0 Å². The third-order valence-electron chi connectivity index (χ3n) is 3.12. The zero-order valence-electron chi connectivity index (χ0n) is 13.4. The lowest BCUT2D eigenvalue weighted by Gasteiger charge is -2.04. The molecule has 2 N–H and O–H groups in total. The quantitative estimate of drug-likeness (QED) is 0.451. The van der Waals surface area contributed by atoms with Gasteiger partial charge in [0.1, 0.15) is 5.76 Å². The van der Waals surface area contributed by atoms with E-state index in [-0.39, 0.29) is 30.1 Å². The molecule has 2 amide bonds. The Morgan fingerprint density at radius 3 is 2.76 bits per heavy atom. The van der Waals surface area contributed by atoms with E-state index in [0.717, 1.165) is 6.07 Å². The van der Waals surface area contributed by atoms with Gasteiger partial charge in [-0.3, -0.25) is 19.7 Å². The maximum Gasteiger partial charge on any atom is 0.271 e. The van der Waals surface area contributed by atoms with Gasteiger partial charge in [-0.2, -0.15) is 5.10 Å². The van der Waals surface area contributed by atoms with Gasteiger partial charge in [0, 0.05) is 23.4 Å². The van der Waals surface area contributed by atoms with Crippen molar-refractivity contribution in [1.29, 1.82) is 0 Å². The average Bonchev–Trinajstić information content (AvgIpc) is 3.11. The molecule has 2 aromatic rings. The first-order valence-electron chi connectivity index (χ1n) is 7.32. The minimum absolute atomic E-state index is 0.00404. The number of nitrogens with zero attached hydrogens (tertiary/aromatic N) is 2. The SMILES string of the molecule is C/C(CC(=O)NCc1ccco1)=N/NC(=O)c1cccc([N+](=O)[O-])c1. The van der Waals surface area contributed by atoms with Gasteiger partial charge in [0.25, 0.3) is 11.6 Å². The molecule has 0 bridgehead atoms. The third-order valence-corrected chi connectivity index (χ3v) is 3.12. The van der Waals surface area contributed by atoms with Gasteiger partial charge >= 0.3 is 0 Å². The number of hydrogen-bond donors (Lipinski definition) is 2. The number of hydrogen-bond acceptors (Lipinski definition) is 6. The first-order chi connectivity index (χ1) is 12.0. The highest BCUT2D eigenvalue weighted by Crippen LogP contribution is 2.12. The molecule has 25 heavy (non-hydrogen) atoms. The number of carbonyl (C=O) groups excluding carboxylic acids is 2. The number of hydrazone groups is 1. The summed E-state index contributed by atoms with van der Waals surface area (Å²) in [6.07, 6.45) is 1.51. The second-order valence-corrected chi connectivity index (χ2v) is 5.13. The largest absolute Gasteiger partial charge is 0.467 e. The van der Waals surface area contributed by atoms with Gasteiger partial charge in [0.15, 0.2) is 0 Å². The molecule has 0 aliphatic rings. The summed E-state index contributed by atoms with van der Waals surface area (Å²) in [4.78, 5) is 33.8. The van der Waals surface area contributed by atoms with Crippen LogP contribution in [-0.2, 0) is 11.3 Å².